The Labute approximate surface area is 131 Å². The minimum atomic E-state index is -3.44. The lowest BCUT2D eigenvalue weighted by atomic mass is 10.1. The monoisotopic (exact) mass is 327 g/mol. The van der Waals surface area contributed by atoms with E-state index in [4.69, 9.17) is 4.74 Å². The fourth-order valence-corrected chi connectivity index (χ4v) is 4.14. The molecule has 0 bridgehead atoms. The van der Waals surface area contributed by atoms with Gasteiger partial charge in [0.25, 0.3) is 0 Å². The fourth-order valence-electron chi connectivity index (χ4n) is 2.48. The summed E-state index contributed by atoms with van der Waals surface area (Å²) in [5.74, 6) is -0.456. The maximum Gasteiger partial charge on any atom is 0.305 e. The standard InChI is InChI=1S/C15H21NO5S/c1-20-15(17)8-5-11-22(18,19)16-9-10-21-12-14(16)13-6-3-2-4-7-13/h2-4,6-7,14H,5,8-12H2,1H3. The molecule has 6 nitrogen and oxygen atoms in total. The molecule has 1 unspecified atom stereocenters. The van der Waals surface area contributed by atoms with Gasteiger partial charge in [-0.15, -0.1) is 0 Å². The van der Waals surface area contributed by atoms with Gasteiger partial charge in [0.1, 0.15) is 0 Å². The summed E-state index contributed by atoms with van der Waals surface area (Å²) in [7, 11) is -2.14. The molecule has 1 fully saturated rings. The summed E-state index contributed by atoms with van der Waals surface area (Å²) in [5.41, 5.74) is 0.916. The topological polar surface area (TPSA) is 72.9 Å². The Hall–Kier alpha value is -1.44. The number of rotatable bonds is 6. The maximum atomic E-state index is 12.6. The number of nitrogens with zero attached hydrogens (tertiary/aromatic N) is 1. The predicted octanol–water partition coefficient (Wildman–Crippen LogP) is 1.34. The summed E-state index contributed by atoms with van der Waals surface area (Å²) in [5, 5.41) is 0. The second-order valence-corrected chi connectivity index (χ2v) is 7.15. The van der Waals surface area contributed by atoms with Crippen LogP contribution >= 0.6 is 0 Å². The molecule has 0 amide bonds. The van der Waals surface area contributed by atoms with Gasteiger partial charge in [0, 0.05) is 13.0 Å². The molecular formula is C15H21NO5S. The van der Waals surface area contributed by atoms with Crippen LogP contribution in [0.2, 0.25) is 0 Å². The highest BCUT2D eigenvalue weighted by Gasteiger charge is 2.33. The van der Waals surface area contributed by atoms with Gasteiger partial charge in [-0.3, -0.25) is 4.79 Å². The van der Waals surface area contributed by atoms with Gasteiger partial charge < -0.3 is 9.47 Å². The van der Waals surface area contributed by atoms with Crippen LogP contribution in [-0.2, 0) is 24.3 Å². The summed E-state index contributed by atoms with van der Waals surface area (Å²) in [4.78, 5) is 11.1. The molecule has 1 aromatic rings. The first-order chi connectivity index (χ1) is 10.5. The van der Waals surface area contributed by atoms with E-state index in [1.54, 1.807) is 0 Å². The van der Waals surface area contributed by atoms with E-state index < -0.39 is 16.0 Å². The van der Waals surface area contributed by atoms with Gasteiger partial charge in [-0.2, -0.15) is 4.31 Å². The zero-order valence-electron chi connectivity index (χ0n) is 12.6. The minimum absolute atomic E-state index is 0.0641. The zero-order valence-corrected chi connectivity index (χ0v) is 13.4. The number of hydrogen-bond donors (Lipinski definition) is 0. The number of carbonyl (C=O) groups excluding carboxylic acids is 1. The summed E-state index contributed by atoms with van der Waals surface area (Å²) in [6.45, 7) is 1.07. The molecule has 7 heteroatoms. The molecule has 1 aliphatic rings. The Morgan fingerprint density at radius 1 is 1.36 bits per heavy atom. The summed E-state index contributed by atoms with van der Waals surface area (Å²) >= 11 is 0. The molecule has 0 N–H and O–H groups in total. The highest BCUT2D eigenvalue weighted by molar-refractivity contribution is 7.89. The second-order valence-electron chi connectivity index (χ2n) is 5.11. The Morgan fingerprint density at radius 2 is 2.09 bits per heavy atom. The van der Waals surface area contributed by atoms with Gasteiger partial charge in [0.05, 0.1) is 32.1 Å². The lowest BCUT2D eigenvalue weighted by Gasteiger charge is -2.34. The number of ether oxygens (including phenoxy) is 2. The zero-order chi connectivity index (χ0) is 16.0. The van der Waals surface area contributed by atoms with E-state index in [1.165, 1.54) is 11.4 Å². The first-order valence-corrected chi connectivity index (χ1v) is 8.84. The van der Waals surface area contributed by atoms with Crippen molar-refractivity contribution in [2.75, 3.05) is 32.6 Å². The van der Waals surface area contributed by atoms with Crippen LogP contribution in [0.1, 0.15) is 24.4 Å². The van der Waals surface area contributed by atoms with Gasteiger partial charge in [-0.25, -0.2) is 8.42 Å². The van der Waals surface area contributed by atoms with Crippen molar-refractivity contribution in [2.24, 2.45) is 0 Å². The van der Waals surface area contributed by atoms with E-state index >= 15 is 0 Å². The molecule has 1 aromatic carbocycles. The van der Waals surface area contributed by atoms with Crippen LogP contribution in [0.15, 0.2) is 30.3 Å². The van der Waals surface area contributed by atoms with Crippen molar-refractivity contribution in [3.8, 4) is 0 Å². The van der Waals surface area contributed by atoms with E-state index in [-0.39, 0.29) is 24.6 Å². The number of sulfonamides is 1. The minimum Gasteiger partial charge on any atom is -0.469 e. The number of benzene rings is 1. The smallest absolute Gasteiger partial charge is 0.305 e. The number of carbonyl (C=O) groups is 1. The van der Waals surface area contributed by atoms with Crippen molar-refractivity contribution < 1.29 is 22.7 Å². The SMILES string of the molecule is COC(=O)CCCS(=O)(=O)N1CCOCC1c1ccccc1. The van der Waals surface area contributed by atoms with Gasteiger partial charge >= 0.3 is 5.97 Å². The first-order valence-electron chi connectivity index (χ1n) is 7.23. The molecular weight excluding hydrogens is 306 g/mol. The van der Waals surface area contributed by atoms with Crippen molar-refractivity contribution in [3.05, 3.63) is 35.9 Å². The van der Waals surface area contributed by atoms with Crippen molar-refractivity contribution in [1.82, 2.24) is 4.31 Å². The molecule has 0 saturated carbocycles. The summed E-state index contributed by atoms with van der Waals surface area (Å²) in [6, 6.07) is 9.14. The van der Waals surface area contributed by atoms with Crippen molar-refractivity contribution in [3.63, 3.8) is 0 Å². The highest BCUT2D eigenvalue weighted by Crippen LogP contribution is 2.27. The molecule has 2 rings (SSSR count). The average molecular weight is 327 g/mol. The predicted molar refractivity (Wildman–Crippen MR) is 81.7 cm³/mol. The maximum absolute atomic E-state index is 12.6. The third kappa shape index (κ3) is 4.28. The van der Waals surface area contributed by atoms with Gasteiger partial charge in [-0.05, 0) is 12.0 Å². The Bertz CT molecular complexity index is 587. The van der Waals surface area contributed by atoms with Crippen molar-refractivity contribution in [2.45, 2.75) is 18.9 Å². The summed E-state index contributed by atoms with van der Waals surface area (Å²) in [6.07, 6.45) is 0.365. The average Bonchev–Trinajstić information content (AvgIpc) is 2.55. The van der Waals surface area contributed by atoms with E-state index in [9.17, 15) is 13.2 Å². The third-order valence-corrected chi connectivity index (χ3v) is 5.59. The van der Waals surface area contributed by atoms with Crippen LogP contribution < -0.4 is 0 Å². The van der Waals surface area contributed by atoms with Crippen LogP contribution in [0.4, 0.5) is 0 Å². The second kappa shape index (κ2) is 7.71. The quantitative estimate of drug-likeness (QED) is 0.737. The molecule has 1 atom stereocenters. The normalized spacial score (nSPS) is 19.8. The van der Waals surface area contributed by atoms with Crippen LogP contribution in [0.3, 0.4) is 0 Å². The Morgan fingerprint density at radius 3 is 2.77 bits per heavy atom. The largest absolute Gasteiger partial charge is 0.469 e. The van der Waals surface area contributed by atoms with E-state index in [0.717, 1.165) is 5.56 Å². The molecule has 1 heterocycles. The van der Waals surface area contributed by atoms with Crippen LogP contribution in [0.25, 0.3) is 0 Å². The number of methoxy groups -OCH3 is 1. The van der Waals surface area contributed by atoms with E-state index in [2.05, 4.69) is 4.74 Å². The molecule has 0 radical (unpaired) electrons. The summed E-state index contributed by atoms with van der Waals surface area (Å²) < 4.78 is 36.6. The molecule has 1 aliphatic heterocycles. The molecule has 0 aromatic heterocycles. The van der Waals surface area contributed by atoms with E-state index in [1.807, 2.05) is 30.3 Å². The number of esters is 1. The lowest BCUT2D eigenvalue weighted by Crippen LogP contribution is -2.44. The molecule has 0 aliphatic carbocycles. The van der Waals surface area contributed by atoms with Crippen LogP contribution in [-0.4, -0.2) is 51.3 Å². The molecule has 22 heavy (non-hydrogen) atoms. The van der Waals surface area contributed by atoms with Crippen molar-refractivity contribution >= 4 is 16.0 Å². The Kier molecular flexibility index (Phi) is 5.93. The van der Waals surface area contributed by atoms with Gasteiger partial charge in [-0.1, -0.05) is 30.3 Å². The number of morpholine rings is 1. The molecule has 0 spiro atoms. The van der Waals surface area contributed by atoms with E-state index in [0.29, 0.717) is 19.8 Å². The molecule has 122 valence electrons. The van der Waals surface area contributed by atoms with Gasteiger partial charge in [0.2, 0.25) is 10.0 Å². The first kappa shape index (κ1) is 16.9. The Balaban J connectivity index is 2.07. The van der Waals surface area contributed by atoms with Crippen LogP contribution in [0, 0.1) is 0 Å². The highest BCUT2D eigenvalue weighted by atomic mass is 32.2. The third-order valence-electron chi connectivity index (χ3n) is 3.63. The molecule has 1 saturated heterocycles. The van der Waals surface area contributed by atoms with Gasteiger partial charge in [0.15, 0.2) is 0 Å². The van der Waals surface area contributed by atoms with Crippen molar-refractivity contribution in [1.29, 1.82) is 0 Å². The fraction of sp³-hybridized carbons (Fsp3) is 0.533. The lowest BCUT2D eigenvalue weighted by molar-refractivity contribution is -0.140. The number of hydrogen-bond acceptors (Lipinski definition) is 5. The van der Waals surface area contributed by atoms with Crippen LogP contribution in [0.5, 0.6) is 0 Å².